The summed E-state index contributed by atoms with van der Waals surface area (Å²) in [6.45, 7) is 2.11. The molecule has 2 aliphatic rings. The van der Waals surface area contributed by atoms with Crippen LogP contribution in [0.25, 0.3) is 0 Å². The van der Waals surface area contributed by atoms with Gasteiger partial charge in [-0.1, -0.05) is 0 Å². The minimum Gasteiger partial charge on any atom is -0.481 e. The third kappa shape index (κ3) is 2.63. The van der Waals surface area contributed by atoms with Crippen LogP contribution in [0, 0.1) is 5.92 Å². The number of aliphatic carboxylic acids is 1. The Morgan fingerprint density at radius 2 is 2.17 bits per heavy atom. The monoisotopic (exact) mass is 258 g/mol. The number of hydrogen-bond donors (Lipinski definition) is 2. The Morgan fingerprint density at radius 1 is 1.39 bits per heavy atom. The summed E-state index contributed by atoms with van der Waals surface area (Å²) in [7, 11) is 1.61. The van der Waals surface area contributed by atoms with Gasteiger partial charge in [0.2, 0.25) is 0 Å². The predicted molar refractivity (Wildman–Crippen MR) is 61.1 cm³/mol. The molecule has 0 aromatic heterocycles. The van der Waals surface area contributed by atoms with Crippen molar-refractivity contribution in [2.45, 2.75) is 12.1 Å². The Kier molecular flexibility index (Phi) is 4.15. The van der Waals surface area contributed by atoms with Gasteiger partial charge in [-0.05, 0) is 0 Å². The van der Waals surface area contributed by atoms with Crippen LogP contribution < -0.4 is 5.32 Å². The lowest BCUT2D eigenvalue weighted by Crippen LogP contribution is -2.53. The van der Waals surface area contributed by atoms with E-state index >= 15 is 0 Å². The normalized spacial score (nSPS) is 32.2. The predicted octanol–water partition coefficient (Wildman–Crippen LogP) is -1.47. The van der Waals surface area contributed by atoms with Crippen LogP contribution in [-0.4, -0.2) is 74.0 Å². The summed E-state index contributed by atoms with van der Waals surface area (Å²) in [6.07, 6.45) is -0.529. The van der Waals surface area contributed by atoms with E-state index in [4.69, 9.17) is 14.6 Å². The van der Waals surface area contributed by atoms with E-state index in [0.29, 0.717) is 13.2 Å². The highest BCUT2D eigenvalue weighted by Gasteiger charge is 2.40. The molecular weight excluding hydrogens is 240 g/mol. The van der Waals surface area contributed by atoms with Crippen LogP contribution in [0.5, 0.6) is 0 Å². The van der Waals surface area contributed by atoms with Gasteiger partial charge in [-0.15, -0.1) is 0 Å². The molecule has 2 heterocycles. The van der Waals surface area contributed by atoms with Gasteiger partial charge >= 0.3 is 5.97 Å². The first-order valence-corrected chi connectivity index (χ1v) is 6.01. The van der Waals surface area contributed by atoms with Crippen LogP contribution in [0.2, 0.25) is 0 Å². The smallest absolute Gasteiger partial charge is 0.311 e. The molecule has 2 aliphatic heterocycles. The fourth-order valence-corrected chi connectivity index (χ4v) is 2.28. The standard InChI is InChI=1S/C11H18N2O5/c1-13(8-6-17-5-7(8)11(15)16)10(14)9-4-12-2-3-18-9/h7-9,12H,2-6H2,1H3,(H,15,16). The molecule has 7 nitrogen and oxygen atoms in total. The first-order chi connectivity index (χ1) is 8.61. The summed E-state index contributed by atoms with van der Waals surface area (Å²) in [5, 5.41) is 12.1. The molecule has 0 saturated carbocycles. The number of ether oxygens (including phenoxy) is 2. The van der Waals surface area contributed by atoms with Crippen LogP contribution in [0.15, 0.2) is 0 Å². The maximum Gasteiger partial charge on any atom is 0.311 e. The van der Waals surface area contributed by atoms with Crippen LogP contribution in [0.4, 0.5) is 0 Å². The van der Waals surface area contributed by atoms with E-state index in [9.17, 15) is 9.59 Å². The highest BCUT2D eigenvalue weighted by Crippen LogP contribution is 2.20. The van der Waals surface area contributed by atoms with Crippen molar-refractivity contribution in [3.05, 3.63) is 0 Å². The number of likely N-dealkylation sites (N-methyl/N-ethyl adjacent to an activating group) is 1. The number of carboxylic acid groups (broad SMARTS) is 1. The first kappa shape index (κ1) is 13.3. The maximum atomic E-state index is 12.2. The molecule has 18 heavy (non-hydrogen) atoms. The Bertz CT molecular complexity index is 329. The lowest BCUT2D eigenvalue weighted by atomic mass is 10.0. The number of carbonyl (C=O) groups is 2. The summed E-state index contributed by atoms with van der Waals surface area (Å²) in [6, 6.07) is -0.416. The number of nitrogens with one attached hydrogen (secondary N) is 1. The first-order valence-electron chi connectivity index (χ1n) is 6.01. The topological polar surface area (TPSA) is 88.1 Å². The Labute approximate surface area is 105 Å². The van der Waals surface area contributed by atoms with Crippen molar-refractivity contribution >= 4 is 11.9 Å². The number of nitrogens with zero attached hydrogens (tertiary/aromatic N) is 1. The fraction of sp³-hybridized carbons (Fsp3) is 0.818. The SMILES string of the molecule is CN(C(=O)C1CNCCO1)C1COCC1C(=O)O. The number of hydrogen-bond acceptors (Lipinski definition) is 5. The van der Waals surface area contributed by atoms with E-state index in [1.807, 2.05) is 0 Å². The molecule has 2 rings (SSSR count). The summed E-state index contributed by atoms with van der Waals surface area (Å²) in [4.78, 5) is 24.7. The largest absolute Gasteiger partial charge is 0.481 e. The molecule has 7 heteroatoms. The minimum absolute atomic E-state index is 0.154. The lowest BCUT2D eigenvalue weighted by Gasteiger charge is -2.31. The Hall–Kier alpha value is -1.18. The van der Waals surface area contributed by atoms with E-state index in [0.717, 1.165) is 6.54 Å². The molecule has 2 saturated heterocycles. The van der Waals surface area contributed by atoms with E-state index < -0.39 is 24.0 Å². The average Bonchev–Trinajstić information content (AvgIpc) is 2.87. The van der Waals surface area contributed by atoms with E-state index in [1.165, 1.54) is 4.90 Å². The molecule has 0 radical (unpaired) electrons. The molecule has 2 N–H and O–H groups in total. The maximum absolute atomic E-state index is 12.2. The Morgan fingerprint density at radius 3 is 2.78 bits per heavy atom. The average molecular weight is 258 g/mol. The van der Waals surface area contributed by atoms with Gasteiger partial charge < -0.3 is 24.8 Å². The van der Waals surface area contributed by atoms with Gasteiger partial charge in [-0.2, -0.15) is 0 Å². The van der Waals surface area contributed by atoms with Gasteiger partial charge in [0.05, 0.1) is 25.9 Å². The van der Waals surface area contributed by atoms with Gasteiger partial charge in [0, 0.05) is 20.1 Å². The molecule has 0 aromatic carbocycles. The van der Waals surface area contributed by atoms with Crippen LogP contribution >= 0.6 is 0 Å². The third-order valence-electron chi connectivity index (χ3n) is 3.42. The molecular formula is C11H18N2O5. The molecule has 0 aliphatic carbocycles. The second-order valence-corrected chi connectivity index (χ2v) is 4.56. The zero-order chi connectivity index (χ0) is 13.1. The van der Waals surface area contributed by atoms with Gasteiger partial charge in [0.15, 0.2) is 0 Å². The number of rotatable bonds is 3. The van der Waals surface area contributed by atoms with Crippen LogP contribution in [0.1, 0.15) is 0 Å². The minimum atomic E-state index is -0.931. The second kappa shape index (κ2) is 5.64. The lowest BCUT2D eigenvalue weighted by molar-refractivity contribution is -0.150. The highest BCUT2D eigenvalue weighted by molar-refractivity contribution is 5.82. The van der Waals surface area contributed by atoms with Gasteiger partial charge in [-0.25, -0.2) is 0 Å². The molecule has 102 valence electrons. The number of carbonyl (C=O) groups excluding carboxylic acids is 1. The quantitative estimate of drug-likeness (QED) is 0.643. The van der Waals surface area contributed by atoms with Crippen molar-refractivity contribution in [3.63, 3.8) is 0 Å². The molecule has 1 amide bonds. The van der Waals surface area contributed by atoms with Crippen molar-refractivity contribution < 1.29 is 24.2 Å². The number of amides is 1. The summed E-state index contributed by atoms with van der Waals surface area (Å²) < 4.78 is 10.5. The van der Waals surface area contributed by atoms with Crippen LogP contribution in [-0.2, 0) is 19.1 Å². The summed E-state index contributed by atoms with van der Waals surface area (Å²) >= 11 is 0. The van der Waals surface area contributed by atoms with Crippen molar-refractivity contribution in [1.29, 1.82) is 0 Å². The zero-order valence-corrected chi connectivity index (χ0v) is 10.3. The van der Waals surface area contributed by atoms with Crippen molar-refractivity contribution in [2.75, 3.05) is 40.0 Å². The zero-order valence-electron chi connectivity index (χ0n) is 10.3. The Balaban J connectivity index is 1.98. The number of carboxylic acids is 1. The fourth-order valence-electron chi connectivity index (χ4n) is 2.28. The third-order valence-corrected chi connectivity index (χ3v) is 3.42. The van der Waals surface area contributed by atoms with E-state index in [-0.39, 0.29) is 19.1 Å². The molecule has 0 aromatic rings. The molecule has 0 bridgehead atoms. The molecule has 3 atom stereocenters. The van der Waals surface area contributed by atoms with Crippen LogP contribution in [0.3, 0.4) is 0 Å². The molecule has 0 spiro atoms. The molecule has 3 unspecified atom stereocenters. The number of morpholine rings is 1. The van der Waals surface area contributed by atoms with Gasteiger partial charge in [0.1, 0.15) is 12.0 Å². The van der Waals surface area contributed by atoms with E-state index in [2.05, 4.69) is 5.32 Å². The molecule has 2 fully saturated rings. The second-order valence-electron chi connectivity index (χ2n) is 4.56. The van der Waals surface area contributed by atoms with Gasteiger partial charge in [0.25, 0.3) is 5.91 Å². The summed E-state index contributed by atoms with van der Waals surface area (Å²) in [5.74, 6) is -1.78. The highest BCUT2D eigenvalue weighted by atomic mass is 16.5. The van der Waals surface area contributed by atoms with Crippen molar-refractivity contribution in [3.8, 4) is 0 Å². The van der Waals surface area contributed by atoms with Gasteiger partial charge in [-0.3, -0.25) is 9.59 Å². The van der Waals surface area contributed by atoms with E-state index in [1.54, 1.807) is 7.05 Å². The van der Waals surface area contributed by atoms with Crippen molar-refractivity contribution in [2.24, 2.45) is 5.92 Å². The van der Waals surface area contributed by atoms with Crippen molar-refractivity contribution in [1.82, 2.24) is 10.2 Å². The summed E-state index contributed by atoms with van der Waals surface area (Å²) in [5.41, 5.74) is 0.